The first-order chi connectivity index (χ1) is 10.1. The number of hydrogen-bond donors (Lipinski definition) is 1. The minimum Gasteiger partial charge on any atom is -0.315 e. The van der Waals surface area contributed by atoms with Gasteiger partial charge in [-0.05, 0) is 44.6 Å². The second-order valence-electron chi connectivity index (χ2n) is 6.06. The van der Waals surface area contributed by atoms with Crippen LogP contribution >= 0.6 is 0 Å². The van der Waals surface area contributed by atoms with Crippen LogP contribution in [0.1, 0.15) is 17.5 Å². The van der Waals surface area contributed by atoms with Gasteiger partial charge < -0.3 is 5.32 Å². The van der Waals surface area contributed by atoms with Crippen molar-refractivity contribution >= 4 is 0 Å². The van der Waals surface area contributed by atoms with Gasteiger partial charge in [0.1, 0.15) is 0 Å². The molecular formula is C17H24N4. The summed E-state index contributed by atoms with van der Waals surface area (Å²) < 4.78 is 1.95. The van der Waals surface area contributed by atoms with E-state index < -0.39 is 0 Å². The van der Waals surface area contributed by atoms with E-state index >= 15 is 0 Å². The van der Waals surface area contributed by atoms with E-state index in [0.717, 1.165) is 19.6 Å². The predicted octanol–water partition coefficient (Wildman–Crippen LogP) is 2.19. The summed E-state index contributed by atoms with van der Waals surface area (Å²) in [7, 11) is 4.23. The molecule has 4 nitrogen and oxygen atoms in total. The molecule has 0 amide bonds. The molecule has 1 saturated heterocycles. The topological polar surface area (TPSA) is 33.1 Å². The van der Waals surface area contributed by atoms with Crippen LogP contribution in [0.25, 0.3) is 11.3 Å². The van der Waals surface area contributed by atoms with E-state index in [1.807, 2.05) is 17.9 Å². The second-order valence-corrected chi connectivity index (χ2v) is 6.06. The minimum absolute atomic E-state index is 0.644. The molecule has 1 aliphatic heterocycles. The average Bonchev–Trinajstić information content (AvgIpc) is 3.12. The zero-order valence-electron chi connectivity index (χ0n) is 13.1. The van der Waals surface area contributed by atoms with Gasteiger partial charge in [-0.2, -0.15) is 5.10 Å². The Morgan fingerprint density at radius 2 is 2.24 bits per heavy atom. The van der Waals surface area contributed by atoms with Crippen molar-refractivity contribution in [3.63, 3.8) is 0 Å². The monoisotopic (exact) mass is 284 g/mol. The Morgan fingerprint density at radius 3 is 2.90 bits per heavy atom. The van der Waals surface area contributed by atoms with E-state index in [0.29, 0.717) is 6.04 Å². The lowest BCUT2D eigenvalue weighted by molar-refractivity contribution is 0.249. The first kappa shape index (κ1) is 14.3. The molecule has 3 rings (SSSR count). The van der Waals surface area contributed by atoms with Gasteiger partial charge in [-0.15, -0.1) is 0 Å². The lowest BCUT2D eigenvalue weighted by Gasteiger charge is -2.25. The smallest absolute Gasteiger partial charge is 0.0682 e. The molecule has 0 spiro atoms. The molecule has 0 saturated carbocycles. The third-order valence-corrected chi connectivity index (χ3v) is 4.44. The van der Waals surface area contributed by atoms with Gasteiger partial charge in [0.2, 0.25) is 0 Å². The van der Waals surface area contributed by atoms with Crippen LogP contribution in [-0.4, -0.2) is 40.9 Å². The predicted molar refractivity (Wildman–Crippen MR) is 86.1 cm³/mol. The van der Waals surface area contributed by atoms with Gasteiger partial charge in [-0.3, -0.25) is 9.58 Å². The quantitative estimate of drug-likeness (QED) is 0.934. The molecule has 2 aromatic rings. The maximum absolute atomic E-state index is 4.31. The van der Waals surface area contributed by atoms with Crippen molar-refractivity contribution in [2.24, 2.45) is 7.05 Å². The maximum atomic E-state index is 4.31. The van der Waals surface area contributed by atoms with Gasteiger partial charge in [0, 0.05) is 37.9 Å². The average molecular weight is 284 g/mol. The number of aryl methyl sites for hydroxylation is 2. The standard InChI is InChI=1S/C17H24N4/c1-13-4-5-14(12-20(2)15-6-8-18-11-15)16(10-13)17-7-9-19-21(17)3/h4-5,7,9-10,15,18H,6,8,11-12H2,1-3H3. The Bertz CT molecular complexity index is 611. The van der Waals surface area contributed by atoms with E-state index in [-0.39, 0.29) is 0 Å². The number of aromatic nitrogens is 2. The molecule has 0 radical (unpaired) electrons. The molecule has 2 heterocycles. The van der Waals surface area contributed by atoms with Crippen molar-refractivity contribution in [2.45, 2.75) is 25.9 Å². The van der Waals surface area contributed by atoms with Crippen LogP contribution in [0.4, 0.5) is 0 Å². The van der Waals surface area contributed by atoms with Crippen LogP contribution in [0.3, 0.4) is 0 Å². The normalized spacial score (nSPS) is 18.6. The Labute approximate surface area is 126 Å². The van der Waals surface area contributed by atoms with Gasteiger partial charge in [0.25, 0.3) is 0 Å². The molecule has 1 aliphatic rings. The Morgan fingerprint density at radius 1 is 1.38 bits per heavy atom. The maximum Gasteiger partial charge on any atom is 0.0682 e. The fourth-order valence-corrected chi connectivity index (χ4v) is 3.12. The Balaban J connectivity index is 1.89. The van der Waals surface area contributed by atoms with Crippen molar-refractivity contribution < 1.29 is 0 Å². The number of rotatable bonds is 4. The van der Waals surface area contributed by atoms with Crippen molar-refractivity contribution in [3.8, 4) is 11.3 Å². The summed E-state index contributed by atoms with van der Waals surface area (Å²) in [6.45, 7) is 5.36. The van der Waals surface area contributed by atoms with E-state index in [4.69, 9.17) is 0 Å². The fourth-order valence-electron chi connectivity index (χ4n) is 3.12. The zero-order chi connectivity index (χ0) is 14.8. The second kappa shape index (κ2) is 6.00. The highest BCUT2D eigenvalue weighted by molar-refractivity contribution is 5.64. The molecule has 0 bridgehead atoms. The first-order valence-electron chi connectivity index (χ1n) is 7.64. The van der Waals surface area contributed by atoms with Gasteiger partial charge in [-0.1, -0.05) is 17.7 Å². The SMILES string of the molecule is Cc1ccc(CN(C)C2CCNC2)c(-c2ccnn2C)c1. The summed E-state index contributed by atoms with van der Waals surface area (Å²) >= 11 is 0. The van der Waals surface area contributed by atoms with Crippen LogP contribution in [0, 0.1) is 6.92 Å². The van der Waals surface area contributed by atoms with E-state index in [1.54, 1.807) is 0 Å². The van der Waals surface area contributed by atoms with Crippen molar-refractivity contribution in [1.82, 2.24) is 20.0 Å². The van der Waals surface area contributed by atoms with Crippen LogP contribution in [-0.2, 0) is 13.6 Å². The summed E-state index contributed by atoms with van der Waals surface area (Å²) in [6.07, 6.45) is 3.11. The molecule has 1 N–H and O–H groups in total. The van der Waals surface area contributed by atoms with Gasteiger partial charge >= 0.3 is 0 Å². The van der Waals surface area contributed by atoms with Gasteiger partial charge in [0.15, 0.2) is 0 Å². The highest BCUT2D eigenvalue weighted by Gasteiger charge is 2.20. The van der Waals surface area contributed by atoms with Crippen LogP contribution in [0.5, 0.6) is 0 Å². The molecule has 21 heavy (non-hydrogen) atoms. The van der Waals surface area contributed by atoms with Crippen LogP contribution < -0.4 is 5.32 Å². The first-order valence-corrected chi connectivity index (χ1v) is 7.64. The van der Waals surface area contributed by atoms with Crippen molar-refractivity contribution in [1.29, 1.82) is 0 Å². The number of nitrogens with one attached hydrogen (secondary N) is 1. The Hall–Kier alpha value is -1.65. The molecular weight excluding hydrogens is 260 g/mol. The molecule has 1 fully saturated rings. The zero-order valence-corrected chi connectivity index (χ0v) is 13.1. The van der Waals surface area contributed by atoms with Crippen molar-refractivity contribution in [3.05, 3.63) is 41.6 Å². The minimum atomic E-state index is 0.644. The van der Waals surface area contributed by atoms with Crippen LogP contribution in [0.2, 0.25) is 0 Å². The number of benzene rings is 1. The highest BCUT2D eigenvalue weighted by Crippen LogP contribution is 2.26. The molecule has 0 aliphatic carbocycles. The van der Waals surface area contributed by atoms with Gasteiger partial charge in [0.05, 0.1) is 5.69 Å². The highest BCUT2D eigenvalue weighted by atomic mass is 15.3. The van der Waals surface area contributed by atoms with E-state index in [1.165, 1.54) is 28.8 Å². The lowest BCUT2D eigenvalue weighted by atomic mass is 10.0. The summed E-state index contributed by atoms with van der Waals surface area (Å²) in [5.41, 5.74) is 5.15. The molecule has 112 valence electrons. The molecule has 4 heteroatoms. The van der Waals surface area contributed by atoms with Crippen molar-refractivity contribution in [2.75, 3.05) is 20.1 Å². The molecule has 1 unspecified atom stereocenters. The summed E-state index contributed by atoms with van der Waals surface area (Å²) in [5.74, 6) is 0. The molecule has 1 atom stereocenters. The number of hydrogen-bond acceptors (Lipinski definition) is 3. The largest absolute Gasteiger partial charge is 0.315 e. The van der Waals surface area contributed by atoms with E-state index in [9.17, 15) is 0 Å². The van der Waals surface area contributed by atoms with E-state index in [2.05, 4.69) is 53.6 Å². The van der Waals surface area contributed by atoms with Gasteiger partial charge in [-0.25, -0.2) is 0 Å². The molecule has 1 aromatic heterocycles. The third kappa shape index (κ3) is 3.01. The number of likely N-dealkylation sites (N-methyl/N-ethyl adjacent to an activating group) is 1. The lowest BCUT2D eigenvalue weighted by Crippen LogP contribution is -2.33. The summed E-state index contributed by atoms with van der Waals surface area (Å²) in [6, 6.07) is 9.47. The summed E-state index contributed by atoms with van der Waals surface area (Å²) in [4.78, 5) is 2.46. The van der Waals surface area contributed by atoms with Crippen LogP contribution in [0.15, 0.2) is 30.5 Å². The molecule has 1 aromatic carbocycles. The number of nitrogens with zero attached hydrogens (tertiary/aromatic N) is 3. The Kier molecular flexibility index (Phi) is 4.08. The fraction of sp³-hybridized carbons (Fsp3) is 0.471. The summed E-state index contributed by atoms with van der Waals surface area (Å²) in [5, 5.41) is 7.76. The third-order valence-electron chi connectivity index (χ3n) is 4.44.